The van der Waals surface area contributed by atoms with Crippen LogP contribution in [-0.4, -0.2) is 13.3 Å². The van der Waals surface area contributed by atoms with Crippen molar-refractivity contribution in [2.45, 2.75) is 0 Å². The van der Waals surface area contributed by atoms with Crippen molar-refractivity contribution in [2.24, 2.45) is 5.16 Å². The van der Waals surface area contributed by atoms with Crippen LogP contribution in [0.3, 0.4) is 0 Å². The Balaban J connectivity index is 2.24. The van der Waals surface area contributed by atoms with Crippen LogP contribution in [0.4, 0.5) is 4.39 Å². The first-order chi connectivity index (χ1) is 7.79. The summed E-state index contributed by atoms with van der Waals surface area (Å²) >= 11 is 0. The molecule has 1 heterocycles. The van der Waals surface area contributed by atoms with E-state index in [2.05, 4.69) is 9.99 Å². The first-order valence-corrected chi connectivity index (χ1v) is 4.70. The molecule has 3 nitrogen and oxygen atoms in total. The van der Waals surface area contributed by atoms with E-state index in [0.717, 1.165) is 11.1 Å². The van der Waals surface area contributed by atoms with Gasteiger partial charge in [-0.05, 0) is 30.3 Å². The predicted molar refractivity (Wildman–Crippen MR) is 58.7 cm³/mol. The molecule has 0 saturated carbocycles. The van der Waals surface area contributed by atoms with Crippen molar-refractivity contribution < 1.29 is 13.6 Å². The first-order valence-electron chi connectivity index (χ1n) is 4.70. The Morgan fingerprint density at radius 1 is 1.31 bits per heavy atom. The summed E-state index contributed by atoms with van der Waals surface area (Å²) in [6.07, 6.45) is 3.09. The molecule has 0 aliphatic heterocycles. The number of furan rings is 1. The van der Waals surface area contributed by atoms with Gasteiger partial charge in [0.25, 0.3) is 0 Å². The summed E-state index contributed by atoms with van der Waals surface area (Å²) in [6.45, 7) is 0. The lowest BCUT2D eigenvalue weighted by molar-refractivity contribution is 0.215. The van der Waals surface area contributed by atoms with E-state index in [-0.39, 0.29) is 5.82 Å². The molecule has 0 radical (unpaired) electrons. The summed E-state index contributed by atoms with van der Waals surface area (Å²) in [5, 5.41) is 3.62. The van der Waals surface area contributed by atoms with E-state index in [9.17, 15) is 4.39 Å². The number of oxime groups is 1. The third kappa shape index (κ3) is 2.28. The van der Waals surface area contributed by atoms with Crippen LogP contribution in [0.25, 0.3) is 11.3 Å². The van der Waals surface area contributed by atoms with Crippen LogP contribution < -0.4 is 0 Å². The zero-order chi connectivity index (χ0) is 11.4. The third-order valence-corrected chi connectivity index (χ3v) is 2.06. The van der Waals surface area contributed by atoms with Gasteiger partial charge in [0.1, 0.15) is 25.0 Å². The van der Waals surface area contributed by atoms with Crippen LogP contribution in [0.5, 0.6) is 0 Å². The molecule has 82 valence electrons. The molecule has 16 heavy (non-hydrogen) atoms. The Morgan fingerprint density at radius 2 is 2.06 bits per heavy atom. The largest absolute Gasteiger partial charge is 0.464 e. The Kier molecular flexibility index (Phi) is 3.00. The van der Waals surface area contributed by atoms with Crippen LogP contribution in [0.15, 0.2) is 46.2 Å². The second-order valence-electron chi connectivity index (χ2n) is 3.17. The second-order valence-corrected chi connectivity index (χ2v) is 3.17. The highest BCUT2D eigenvalue weighted by Gasteiger charge is 2.03. The summed E-state index contributed by atoms with van der Waals surface area (Å²) in [5.41, 5.74) is 1.61. The minimum atomic E-state index is -0.267. The highest BCUT2D eigenvalue weighted by Crippen LogP contribution is 2.21. The summed E-state index contributed by atoms with van der Waals surface area (Å²) in [7, 11) is 1.47. The smallest absolute Gasteiger partial charge is 0.134 e. The number of nitrogens with zero attached hydrogens (tertiary/aromatic N) is 1. The maximum Gasteiger partial charge on any atom is 0.134 e. The van der Waals surface area contributed by atoms with Gasteiger partial charge in [0.2, 0.25) is 0 Å². The first kappa shape index (κ1) is 10.4. The van der Waals surface area contributed by atoms with Crippen molar-refractivity contribution in [3.05, 3.63) is 48.0 Å². The van der Waals surface area contributed by atoms with Gasteiger partial charge in [-0.1, -0.05) is 5.16 Å². The van der Waals surface area contributed by atoms with Gasteiger partial charge in [-0.2, -0.15) is 0 Å². The van der Waals surface area contributed by atoms with Crippen molar-refractivity contribution in [2.75, 3.05) is 7.11 Å². The molecule has 0 aliphatic carbocycles. The Bertz CT molecular complexity index is 488. The summed E-state index contributed by atoms with van der Waals surface area (Å²) in [6, 6.07) is 7.90. The lowest BCUT2D eigenvalue weighted by Crippen LogP contribution is -1.77. The number of hydrogen-bond donors (Lipinski definition) is 0. The lowest BCUT2D eigenvalue weighted by Gasteiger charge is -1.94. The minimum absolute atomic E-state index is 0.267. The fourth-order valence-corrected chi connectivity index (χ4v) is 1.30. The lowest BCUT2D eigenvalue weighted by atomic mass is 10.1. The van der Waals surface area contributed by atoms with E-state index in [0.29, 0.717) is 5.76 Å². The van der Waals surface area contributed by atoms with Crippen LogP contribution in [0, 0.1) is 5.82 Å². The van der Waals surface area contributed by atoms with Gasteiger partial charge < -0.3 is 9.25 Å². The highest BCUT2D eigenvalue weighted by molar-refractivity contribution is 5.80. The molecule has 2 rings (SSSR count). The zero-order valence-corrected chi connectivity index (χ0v) is 8.68. The van der Waals surface area contributed by atoms with Crippen LogP contribution in [-0.2, 0) is 4.84 Å². The molecule has 0 saturated heterocycles. The second kappa shape index (κ2) is 4.61. The molecule has 0 spiro atoms. The van der Waals surface area contributed by atoms with Crippen molar-refractivity contribution in [3.8, 4) is 11.3 Å². The number of hydrogen-bond acceptors (Lipinski definition) is 3. The quantitative estimate of drug-likeness (QED) is 0.587. The molecule has 2 aromatic rings. The van der Waals surface area contributed by atoms with E-state index in [1.165, 1.54) is 25.5 Å². The van der Waals surface area contributed by atoms with Crippen LogP contribution in [0.2, 0.25) is 0 Å². The molecule has 0 atom stereocenters. The molecular weight excluding hydrogens is 209 g/mol. The molecule has 0 amide bonds. The minimum Gasteiger partial charge on any atom is -0.464 e. The third-order valence-electron chi connectivity index (χ3n) is 2.06. The van der Waals surface area contributed by atoms with Crippen molar-refractivity contribution in [1.82, 2.24) is 0 Å². The fraction of sp³-hybridized carbons (Fsp3) is 0.0833. The van der Waals surface area contributed by atoms with Crippen molar-refractivity contribution in [3.63, 3.8) is 0 Å². The molecule has 1 aromatic carbocycles. The Labute approximate surface area is 92.1 Å². The molecule has 0 bridgehead atoms. The highest BCUT2D eigenvalue weighted by atomic mass is 19.1. The molecule has 0 unspecified atom stereocenters. The number of benzene rings is 1. The van der Waals surface area contributed by atoms with E-state index in [1.54, 1.807) is 24.5 Å². The number of halogens is 1. The Hall–Kier alpha value is -2.10. The average molecular weight is 219 g/mol. The van der Waals surface area contributed by atoms with Crippen molar-refractivity contribution >= 4 is 6.21 Å². The van der Waals surface area contributed by atoms with E-state index >= 15 is 0 Å². The molecule has 4 heteroatoms. The van der Waals surface area contributed by atoms with Gasteiger partial charge in [0, 0.05) is 11.1 Å². The van der Waals surface area contributed by atoms with E-state index < -0.39 is 0 Å². The maximum atomic E-state index is 12.7. The average Bonchev–Trinajstić information content (AvgIpc) is 2.76. The molecular formula is C12H10FNO2. The van der Waals surface area contributed by atoms with Gasteiger partial charge in [-0.15, -0.1) is 0 Å². The van der Waals surface area contributed by atoms with Gasteiger partial charge in [0.15, 0.2) is 0 Å². The van der Waals surface area contributed by atoms with Crippen molar-refractivity contribution in [1.29, 1.82) is 0 Å². The zero-order valence-electron chi connectivity index (χ0n) is 8.68. The monoisotopic (exact) mass is 219 g/mol. The summed E-state index contributed by atoms with van der Waals surface area (Å²) in [5.74, 6) is 0.397. The fourth-order valence-electron chi connectivity index (χ4n) is 1.30. The van der Waals surface area contributed by atoms with Crippen LogP contribution in [0.1, 0.15) is 5.56 Å². The standard InChI is InChI=1S/C12H10FNO2/c1-15-14-7-9-6-12(16-8-9)10-2-4-11(13)5-3-10/h2-8H,1H3/b14-7+. The number of rotatable bonds is 3. The molecule has 1 aromatic heterocycles. The summed E-state index contributed by atoms with van der Waals surface area (Å²) in [4.78, 5) is 4.55. The van der Waals surface area contributed by atoms with E-state index in [4.69, 9.17) is 4.42 Å². The van der Waals surface area contributed by atoms with Gasteiger partial charge >= 0.3 is 0 Å². The maximum absolute atomic E-state index is 12.7. The van der Waals surface area contributed by atoms with Crippen LogP contribution >= 0.6 is 0 Å². The molecule has 0 aliphatic rings. The summed E-state index contributed by atoms with van der Waals surface area (Å²) < 4.78 is 18.0. The SMILES string of the molecule is CO/N=C/c1coc(-c2ccc(F)cc2)c1. The topological polar surface area (TPSA) is 34.7 Å². The molecule has 0 N–H and O–H groups in total. The van der Waals surface area contributed by atoms with Gasteiger partial charge in [-0.25, -0.2) is 4.39 Å². The Morgan fingerprint density at radius 3 is 2.75 bits per heavy atom. The predicted octanol–water partition coefficient (Wildman–Crippen LogP) is 3.07. The molecule has 0 fully saturated rings. The van der Waals surface area contributed by atoms with E-state index in [1.807, 2.05) is 0 Å². The van der Waals surface area contributed by atoms with Gasteiger partial charge in [0.05, 0.1) is 6.21 Å². The normalized spacial score (nSPS) is 10.9. The van der Waals surface area contributed by atoms with Gasteiger partial charge in [-0.3, -0.25) is 0 Å².